The van der Waals surface area contributed by atoms with Crippen molar-refractivity contribution in [3.05, 3.63) is 35.4 Å². The Labute approximate surface area is 114 Å². The summed E-state index contributed by atoms with van der Waals surface area (Å²) < 4.78 is 4.70. The number of carbonyl (C=O) groups is 1. The van der Waals surface area contributed by atoms with Gasteiger partial charge in [0, 0.05) is 31.7 Å². The van der Waals surface area contributed by atoms with Crippen LogP contribution in [0.1, 0.15) is 29.8 Å². The predicted molar refractivity (Wildman–Crippen MR) is 75.1 cm³/mol. The SMILES string of the molecule is COC(=O)c1ccc(CN2C[C@@H](C)N[C@H](C)C2)cc1. The number of hydrogen-bond donors (Lipinski definition) is 1. The molecule has 0 aromatic heterocycles. The van der Waals surface area contributed by atoms with Crippen molar-refractivity contribution in [1.82, 2.24) is 10.2 Å². The summed E-state index contributed by atoms with van der Waals surface area (Å²) in [5.41, 5.74) is 1.84. The number of esters is 1. The normalized spacial score (nSPS) is 24.2. The molecule has 1 aromatic rings. The van der Waals surface area contributed by atoms with E-state index in [0.29, 0.717) is 17.6 Å². The van der Waals surface area contributed by atoms with E-state index in [1.165, 1.54) is 12.7 Å². The van der Waals surface area contributed by atoms with Crippen molar-refractivity contribution in [3.8, 4) is 0 Å². The molecule has 1 fully saturated rings. The maximum atomic E-state index is 11.4. The summed E-state index contributed by atoms with van der Waals surface area (Å²) in [4.78, 5) is 13.8. The van der Waals surface area contributed by atoms with Crippen molar-refractivity contribution in [3.63, 3.8) is 0 Å². The molecule has 104 valence electrons. The number of rotatable bonds is 3. The molecule has 1 aromatic carbocycles. The number of benzene rings is 1. The molecule has 4 heteroatoms. The number of nitrogens with zero attached hydrogens (tertiary/aromatic N) is 1. The Hall–Kier alpha value is -1.39. The zero-order chi connectivity index (χ0) is 13.8. The molecule has 0 aliphatic carbocycles. The lowest BCUT2D eigenvalue weighted by Gasteiger charge is -2.36. The number of nitrogens with one attached hydrogen (secondary N) is 1. The fourth-order valence-corrected chi connectivity index (χ4v) is 2.69. The summed E-state index contributed by atoms with van der Waals surface area (Å²) in [6, 6.07) is 8.72. The number of methoxy groups -OCH3 is 1. The first-order chi connectivity index (χ1) is 9.08. The van der Waals surface area contributed by atoms with Crippen molar-refractivity contribution < 1.29 is 9.53 Å². The summed E-state index contributed by atoms with van der Waals surface area (Å²) >= 11 is 0. The quantitative estimate of drug-likeness (QED) is 0.841. The minimum atomic E-state index is -0.282. The van der Waals surface area contributed by atoms with Crippen LogP contribution >= 0.6 is 0 Å². The molecule has 0 bridgehead atoms. The zero-order valence-corrected chi connectivity index (χ0v) is 11.8. The lowest BCUT2D eigenvalue weighted by molar-refractivity contribution is 0.0600. The van der Waals surface area contributed by atoms with Crippen molar-refractivity contribution in [2.75, 3.05) is 20.2 Å². The highest BCUT2D eigenvalue weighted by Gasteiger charge is 2.20. The van der Waals surface area contributed by atoms with Crippen molar-refractivity contribution >= 4 is 5.97 Å². The Morgan fingerprint density at radius 1 is 1.26 bits per heavy atom. The van der Waals surface area contributed by atoms with Crippen LogP contribution in [0.4, 0.5) is 0 Å². The van der Waals surface area contributed by atoms with Gasteiger partial charge >= 0.3 is 5.97 Å². The fraction of sp³-hybridized carbons (Fsp3) is 0.533. The van der Waals surface area contributed by atoms with E-state index in [4.69, 9.17) is 4.74 Å². The van der Waals surface area contributed by atoms with E-state index in [9.17, 15) is 4.79 Å². The van der Waals surface area contributed by atoms with Crippen LogP contribution in [-0.4, -0.2) is 43.2 Å². The smallest absolute Gasteiger partial charge is 0.337 e. The Balaban J connectivity index is 1.97. The van der Waals surface area contributed by atoms with Gasteiger partial charge in [0.05, 0.1) is 12.7 Å². The van der Waals surface area contributed by atoms with Gasteiger partial charge in [0.2, 0.25) is 0 Å². The number of ether oxygens (including phenoxy) is 1. The molecule has 0 radical (unpaired) electrons. The fourth-order valence-electron chi connectivity index (χ4n) is 2.69. The average Bonchev–Trinajstić information content (AvgIpc) is 2.37. The van der Waals surface area contributed by atoms with Crippen molar-refractivity contribution in [2.45, 2.75) is 32.5 Å². The number of carbonyl (C=O) groups excluding carboxylic acids is 1. The molecule has 0 spiro atoms. The Morgan fingerprint density at radius 3 is 2.37 bits per heavy atom. The van der Waals surface area contributed by atoms with E-state index in [1.807, 2.05) is 24.3 Å². The highest BCUT2D eigenvalue weighted by molar-refractivity contribution is 5.89. The molecule has 1 N–H and O–H groups in total. The van der Waals surface area contributed by atoms with E-state index in [1.54, 1.807) is 0 Å². The van der Waals surface area contributed by atoms with Crippen LogP contribution in [0.2, 0.25) is 0 Å². The summed E-state index contributed by atoms with van der Waals surface area (Å²) in [5, 5.41) is 3.52. The third kappa shape index (κ3) is 3.78. The molecule has 4 nitrogen and oxygen atoms in total. The van der Waals surface area contributed by atoms with Crippen LogP contribution < -0.4 is 5.32 Å². The molecule has 2 rings (SSSR count). The summed E-state index contributed by atoms with van der Waals surface area (Å²) in [5.74, 6) is -0.282. The standard InChI is InChI=1S/C15H22N2O2/c1-11-8-17(9-12(2)16-11)10-13-4-6-14(7-5-13)15(18)19-3/h4-7,11-12,16H,8-10H2,1-3H3/t11-,12-/m1/s1. The monoisotopic (exact) mass is 262 g/mol. The molecule has 1 aliphatic heterocycles. The summed E-state index contributed by atoms with van der Waals surface area (Å²) in [6.07, 6.45) is 0. The van der Waals surface area contributed by atoms with Gasteiger partial charge in [0.1, 0.15) is 0 Å². The van der Waals surface area contributed by atoms with Crippen molar-refractivity contribution in [2.24, 2.45) is 0 Å². The largest absolute Gasteiger partial charge is 0.465 e. The van der Waals surface area contributed by atoms with Gasteiger partial charge in [-0.1, -0.05) is 12.1 Å². The first-order valence-electron chi connectivity index (χ1n) is 6.74. The van der Waals surface area contributed by atoms with E-state index in [2.05, 4.69) is 24.1 Å². The Kier molecular flexibility index (Phi) is 4.56. The van der Waals surface area contributed by atoms with Crippen LogP contribution in [-0.2, 0) is 11.3 Å². The molecule has 19 heavy (non-hydrogen) atoms. The van der Waals surface area contributed by atoms with Crippen LogP contribution in [0.5, 0.6) is 0 Å². The molecule has 1 saturated heterocycles. The molecule has 0 amide bonds. The van der Waals surface area contributed by atoms with E-state index >= 15 is 0 Å². The molecule has 1 aliphatic rings. The van der Waals surface area contributed by atoms with E-state index in [-0.39, 0.29) is 5.97 Å². The molecule has 1 heterocycles. The number of piperazine rings is 1. The topological polar surface area (TPSA) is 41.6 Å². The number of hydrogen-bond acceptors (Lipinski definition) is 4. The van der Waals surface area contributed by atoms with Gasteiger partial charge < -0.3 is 10.1 Å². The van der Waals surface area contributed by atoms with Crippen LogP contribution in [0.3, 0.4) is 0 Å². The Morgan fingerprint density at radius 2 is 1.84 bits per heavy atom. The van der Waals surface area contributed by atoms with Gasteiger partial charge in [0.25, 0.3) is 0 Å². The minimum absolute atomic E-state index is 0.282. The lowest BCUT2D eigenvalue weighted by atomic mass is 10.1. The molecule has 0 unspecified atom stereocenters. The van der Waals surface area contributed by atoms with Crippen LogP contribution in [0.25, 0.3) is 0 Å². The summed E-state index contributed by atoms with van der Waals surface area (Å²) in [6.45, 7) is 7.47. The van der Waals surface area contributed by atoms with Gasteiger partial charge in [0.15, 0.2) is 0 Å². The van der Waals surface area contributed by atoms with Crippen LogP contribution in [0.15, 0.2) is 24.3 Å². The van der Waals surface area contributed by atoms with Crippen LogP contribution in [0, 0.1) is 0 Å². The zero-order valence-electron chi connectivity index (χ0n) is 11.8. The minimum Gasteiger partial charge on any atom is -0.465 e. The van der Waals surface area contributed by atoms with E-state index < -0.39 is 0 Å². The predicted octanol–water partition coefficient (Wildman–Crippen LogP) is 1.66. The third-order valence-corrected chi connectivity index (χ3v) is 3.41. The van der Waals surface area contributed by atoms with Crippen molar-refractivity contribution in [1.29, 1.82) is 0 Å². The highest BCUT2D eigenvalue weighted by atomic mass is 16.5. The summed E-state index contributed by atoms with van der Waals surface area (Å²) in [7, 11) is 1.40. The lowest BCUT2D eigenvalue weighted by Crippen LogP contribution is -2.53. The molecule has 0 saturated carbocycles. The second-order valence-corrected chi connectivity index (χ2v) is 5.35. The molecular formula is C15H22N2O2. The van der Waals surface area contributed by atoms with Gasteiger partial charge in [-0.25, -0.2) is 4.79 Å². The maximum absolute atomic E-state index is 11.4. The van der Waals surface area contributed by atoms with Gasteiger partial charge in [-0.3, -0.25) is 4.90 Å². The van der Waals surface area contributed by atoms with Gasteiger partial charge in [-0.15, -0.1) is 0 Å². The molecule has 2 atom stereocenters. The first kappa shape index (κ1) is 14.0. The highest BCUT2D eigenvalue weighted by Crippen LogP contribution is 2.12. The second kappa shape index (κ2) is 6.17. The third-order valence-electron chi connectivity index (χ3n) is 3.41. The van der Waals surface area contributed by atoms with E-state index in [0.717, 1.165) is 19.6 Å². The maximum Gasteiger partial charge on any atom is 0.337 e. The second-order valence-electron chi connectivity index (χ2n) is 5.35. The average molecular weight is 262 g/mol. The van der Waals surface area contributed by atoms with Gasteiger partial charge in [-0.2, -0.15) is 0 Å². The first-order valence-corrected chi connectivity index (χ1v) is 6.74. The Bertz CT molecular complexity index is 420. The van der Waals surface area contributed by atoms with Gasteiger partial charge in [-0.05, 0) is 31.5 Å². The molecular weight excluding hydrogens is 240 g/mol.